The van der Waals surface area contributed by atoms with Crippen LogP contribution in [0.15, 0.2) is 60.7 Å². The number of carbonyl (C=O) groups excluding carboxylic acids is 3. The van der Waals surface area contributed by atoms with E-state index in [2.05, 4.69) is 10.6 Å². The Morgan fingerprint density at radius 3 is 2.09 bits per heavy atom. The lowest BCUT2D eigenvalue weighted by molar-refractivity contribution is -0.146. The molecule has 0 aliphatic rings. The number of hydrogen-bond donors (Lipinski definition) is 3. The number of alkyl carbamates (subject to hydrolysis) is 1. The monoisotopic (exact) mass is 502 g/mol. The third-order valence-electron chi connectivity index (χ3n) is 5.10. The summed E-state index contributed by atoms with van der Waals surface area (Å²) in [6, 6.07) is 16.0. The number of amides is 2. The maximum Gasteiger partial charge on any atom is 0.408 e. The van der Waals surface area contributed by atoms with Gasteiger partial charge in [-0.3, -0.25) is 14.2 Å². The number of para-hydroxylation sites is 1. The van der Waals surface area contributed by atoms with Crippen molar-refractivity contribution in [2.75, 3.05) is 12.4 Å². The first-order chi connectivity index (χ1) is 16.5. The molecule has 3 unspecified atom stereocenters. The van der Waals surface area contributed by atoms with Gasteiger partial charge in [-0.15, -0.1) is 0 Å². The number of aliphatic hydroxyl groups is 1. The van der Waals surface area contributed by atoms with E-state index in [1.165, 1.54) is 0 Å². The van der Waals surface area contributed by atoms with Gasteiger partial charge in [0.1, 0.15) is 5.60 Å². The highest BCUT2D eigenvalue weighted by atomic mass is 31.1. The molecule has 3 N–H and O–H groups in total. The van der Waals surface area contributed by atoms with Crippen LogP contribution in [0.5, 0.6) is 0 Å². The van der Waals surface area contributed by atoms with Gasteiger partial charge >= 0.3 is 12.1 Å². The topological polar surface area (TPSA) is 131 Å². The molecule has 10 heteroatoms. The van der Waals surface area contributed by atoms with Gasteiger partial charge in [-0.05, 0) is 44.9 Å². The predicted octanol–water partition coefficient (Wildman–Crippen LogP) is 3.92. The van der Waals surface area contributed by atoms with E-state index in [0.717, 1.165) is 7.11 Å². The van der Waals surface area contributed by atoms with Gasteiger partial charge in [0.05, 0.1) is 25.5 Å². The molecule has 2 aromatic carbocycles. The summed E-state index contributed by atoms with van der Waals surface area (Å²) in [7, 11) is 0.266. The average Bonchev–Trinajstić information content (AvgIpc) is 2.81. The molecule has 3 atom stereocenters. The molecule has 0 radical (unpaired) electrons. The van der Waals surface area contributed by atoms with E-state index >= 15 is 0 Å². The normalized spacial score (nSPS) is 14.8. The Kier molecular flexibility index (Phi) is 9.92. The zero-order valence-corrected chi connectivity index (χ0v) is 21.1. The van der Waals surface area contributed by atoms with Gasteiger partial charge in [0.15, 0.2) is 13.8 Å². The summed E-state index contributed by atoms with van der Waals surface area (Å²) in [5.41, 5.74) is 0.262. The lowest BCUT2D eigenvalue weighted by Crippen LogP contribution is -2.58. The molecule has 0 fully saturated rings. The standard InChI is InChI=1S/C25H31N2O7P/c1-24(2,3)34-23(30)27-20(15-17-11-7-5-8-12-17)25(31,35-32)19(16-21(28)33-4)22(29)26-18-13-9-6-10-14-18/h5-14,19-20,31H,15-16H2,1-4H3,(H,26,29)(H,27,30). The van der Waals surface area contributed by atoms with Crippen LogP contribution < -0.4 is 10.6 Å². The minimum Gasteiger partial charge on any atom is -0.469 e. The van der Waals surface area contributed by atoms with Gasteiger partial charge in [-0.25, -0.2) is 4.79 Å². The van der Waals surface area contributed by atoms with Crippen molar-refractivity contribution in [3.8, 4) is 0 Å². The van der Waals surface area contributed by atoms with E-state index in [0.29, 0.717) is 11.3 Å². The van der Waals surface area contributed by atoms with Gasteiger partial charge in [-0.2, -0.15) is 0 Å². The van der Waals surface area contributed by atoms with Crippen molar-refractivity contribution in [1.82, 2.24) is 5.32 Å². The molecule has 2 aromatic rings. The predicted molar refractivity (Wildman–Crippen MR) is 131 cm³/mol. The maximum absolute atomic E-state index is 13.3. The highest BCUT2D eigenvalue weighted by molar-refractivity contribution is 7.25. The lowest BCUT2D eigenvalue weighted by atomic mass is 9.87. The molecule has 35 heavy (non-hydrogen) atoms. The quantitative estimate of drug-likeness (QED) is 0.331. The van der Waals surface area contributed by atoms with Crippen LogP contribution in [0.1, 0.15) is 32.8 Å². The number of nitrogens with one attached hydrogen (secondary N) is 2. The van der Waals surface area contributed by atoms with Crippen molar-refractivity contribution in [3.05, 3.63) is 66.2 Å². The van der Waals surface area contributed by atoms with Crippen LogP contribution in [-0.2, 0) is 30.0 Å². The summed E-state index contributed by atoms with van der Waals surface area (Å²) in [6.07, 6.45) is -1.45. The number of carbonyl (C=O) groups is 3. The van der Waals surface area contributed by atoms with E-state index in [-0.39, 0.29) is 6.42 Å². The highest BCUT2D eigenvalue weighted by Crippen LogP contribution is 2.37. The van der Waals surface area contributed by atoms with Crippen molar-refractivity contribution in [2.45, 2.75) is 50.6 Å². The number of methoxy groups -OCH3 is 1. The van der Waals surface area contributed by atoms with Crippen LogP contribution in [-0.4, -0.2) is 47.2 Å². The van der Waals surface area contributed by atoms with E-state index in [9.17, 15) is 24.1 Å². The molecular formula is C25H31N2O7P. The molecule has 0 aromatic heterocycles. The lowest BCUT2D eigenvalue weighted by Gasteiger charge is -2.36. The van der Waals surface area contributed by atoms with Crippen LogP contribution >= 0.6 is 8.46 Å². The van der Waals surface area contributed by atoms with Crippen LogP contribution in [0, 0.1) is 5.92 Å². The molecule has 2 rings (SSSR count). The van der Waals surface area contributed by atoms with Gasteiger partial charge in [0, 0.05) is 5.69 Å². The number of hydrogen-bond acceptors (Lipinski definition) is 7. The van der Waals surface area contributed by atoms with E-state index < -0.39 is 55.8 Å². The van der Waals surface area contributed by atoms with Crippen molar-refractivity contribution in [3.63, 3.8) is 0 Å². The van der Waals surface area contributed by atoms with E-state index in [1.807, 2.05) is 0 Å². The zero-order valence-electron chi connectivity index (χ0n) is 20.2. The minimum atomic E-state index is -2.39. The SMILES string of the molecule is COC(=O)CC(C(=O)Nc1ccccc1)C(O)(P=O)C(Cc1ccccc1)NC(=O)OC(C)(C)C. The molecule has 0 spiro atoms. The minimum absolute atomic E-state index is 0.00210. The number of esters is 1. The van der Waals surface area contributed by atoms with Gasteiger partial charge < -0.3 is 25.2 Å². The van der Waals surface area contributed by atoms with E-state index in [1.54, 1.807) is 81.4 Å². The van der Waals surface area contributed by atoms with Crippen molar-refractivity contribution in [1.29, 1.82) is 0 Å². The van der Waals surface area contributed by atoms with Gasteiger partial charge in [0.25, 0.3) is 0 Å². The second-order valence-corrected chi connectivity index (χ2v) is 9.85. The Hall–Kier alpha value is -3.29. The average molecular weight is 503 g/mol. The fraction of sp³-hybridized carbons (Fsp3) is 0.400. The second-order valence-electron chi connectivity index (χ2n) is 8.95. The fourth-order valence-corrected chi connectivity index (χ4v) is 4.03. The Labute approximate surface area is 206 Å². The highest BCUT2D eigenvalue weighted by Gasteiger charge is 2.51. The first-order valence-corrected chi connectivity index (χ1v) is 11.8. The second kappa shape index (κ2) is 12.4. The molecule has 0 saturated heterocycles. The fourth-order valence-electron chi connectivity index (χ4n) is 3.41. The number of ether oxygens (including phenoxy) is 2. The third-order valence-corrected chi connectivity index (χ3v) is 6.02. The largest absolute Gasteiger partial charge is 0.469 e. The van der Waals surface area contributed by atoms with E-state index in [4.69, 9.17) is 9.47 Å². The zero-order chi connectivity index (χ0) is 26.1. The summed E-state index contributed by atoms with van der Waals surface area (Å²) >= 11 is 0. The third kappa shape index (κ3) is 8.46. The number of benzene rings is 2. The van der Waals surface area contributed by atoms with Gasteiger partial charge in [-0.1, -0.05) is 48.5 Å². The Bertz CT molecular complexity index is 1010. The van der Waals surface area contributed by atoms with Gasteiger partial charge in [0.2, 0.25) is 5.91 Å². The van der Waals surface area contributed by atoms with Crippen LogP contribution in [0.25, 0.3) is 0 Å². The van der Waals surface area contributed by atoms with Crippen molar-refractivity contribution >= 4 is 32.1 Å². The molecule has 188 valence electrons. The Balaban J connectivity index is 2.48. The molecular weight excluding hydrogens is 471 g/mol. The maximum atomic E-state index is 13.3. The summed E-state index contributed by atoms with van der Waals surface area (Å²) in [5, 5.41) is 14.5. The summed E-state index contributed by atoms with van der Waals surface area (Å²) in [5.74, 6) is -3.11. The molecule has 0 heterocycles. The van der Waals surface area contributed by atoms with Crippen LogP contribution in [0.2, 0.25) is 0 Å². The molecule has 0 bridgehead atoms. The first kappa shape index (κ1) is 28.0. The Morgan fingerprint density at radius 1 is 1.00 bits per heavy atom. The van der Waals surface area contributed by atoms with Crippen LogP contribution in [0.4, 0.5) is 10.5 Å². The molecule has 0 saturated carbocycles. The van der Waals surface area contributed by atoms with Crippen molar-refractivity contribution < 1.29 is 33.5 Å². The van der Waals surface area contributed by atoms with Crippen molar-refractivity contribution in [2.24, 2.45) is 5.92 Å². The summed E-state index contributed by atoms with van der Waals surface area (Å²) in [4.78, 5) is 38.1. The van der Waals surface area contributed by atoms with Crippen LogP contribution in [0.3, 0.4) is 0 Å². The number of rotatable bonds is 10. The Morgan fingerprint density at radius 2 is 1.57 bits per heavy atom. The molecule has 9 nitrogen and oxygen atoms in total. The molecule has 2 amide bonds. The number of anilines is 1. The smallest absolute Gasteiger partial charge is 0.408 e. The summed E-state index contributed by atoms with van der Waals surface area (Å²) < 4.78 is 22.6. The molecule has 0 aliphatic heterocycles. The summed E-state index contributed by atoms with van der Waals surface area (Å²) in [6.45, 7) is 5.01. The molecule has 0 aliphatic carbocycles. The first-order valence-electron chi connectivity index (χ1n) is 11.0.